The molecule has 0 amide bonds. The highest BCUT2D eigenvalue weighted by Crippen LogP contribution is 2.59. The normalized spacial score (nSPS) is 30.1. The van der Waals surface area contributed by atoms with Gasteiger partial charge in [-0.15, -0.1) is 0 Å². The van der Waals surface area contributed by atoms with Gasteiger partial charge in [-0.2, -0.15) is 10.5 Å². The van der Waals surface area contributed by atoms with Gasteiger partial charge < -0.3 is 15.2 Å². The standard InChI is InChI=1S/C22H25Cl2N3O4/c1-13-21(3,19(28)29)18(15-7-4-8-16(23)17(15)24)22(9-5-10-25,14(2)27-13)20(30)31-12-6-11-26/h4,7-8,13-14,18,27H,5-6,9,12H2,1-3H3,(H,28,29). The van der Waals surface area contributed by atoms with Gasteiger partial charge in [0, 0.05) is 24.4 Å². The third-order valence-corrected chi connectivity index (χ3v) is 7.35. The maximum Gasteiger partial charge on any atom is 0.314 e. The molecule has 1 aromatic rings. The van der Waals surface area contributed by atoms with Crippen LogP contribution in [0.3, 0.4) is 0 Å². The van der Waals surface area contributed by atoms with Gasteiger partial charge in [0.2, 0.25) is 0 Å². The van der Waals surface area contributed by atoms with Crippen LogP contribution in [0, 0.1) is 33.5 Å². The van der Waals surface area contributed by atoms with Crippen molar-refractivity contribution in [3.8, 4) is 12.1 Å². The van der Waals surface area contributed by atoms with Crippen molar-refractivity contribution in [1.82, 2.24) is 5.32 Å². The van der Waals surface area contributed by atoms with E-state index in [0.29, 0.717) is 5.56 Å². The molecule has 0 aliphatic carbocycles. The van der Waals surface area contributed by atoms with Gasteiger partial charge >= 0.3 is 11.9 Å². The first-order valence-corrected chi connectivity index (χ1v) is 10.7. The number of carbonyl (C=O) groups is 2. The maximum atomic E-state index is 13.6. The molecule has 0 saturated carbocycles. The van der Waals surface area contributed by atoms with Gasteiger partial charge in [-0.3, -0.25) is 9.59 Å². The zero-order chi connectivity index (χ0) is 23.4. The Labute approximate surface area is 191 Å². The fourth-order valence-corrected chi connectivity index (χ4v) is 5.15. The molecule has 0 spiro atoms. The van der Waals surface area contributed by atoms with Crippen LogP contribution in [0.2, 0.25) is 10.0 Å². The minimum Gasteiger partial charge on any atom is -0.481 e. The van der Waals surface area contributed by atoms with Crippen LogP contribution in [0.15, 0.2) is 18.2 Å². The number of piperidine rings is 1. The zero-order valence-electron chi connectivity index (χ0n) is 17.6. The zero-order valence-corrected chi connectivity index (χ0v) is 19.1. The fraction of sp³-hybridized carbons (Fsp3) is 0.545. The highest BCUT2D eigenvalue weighted by atomic mass is 35.5. The van der Waals surface area contributed by atoms with Crippen LogP contribution in [0.5, 0.6) is 0 Å². The van der Waals surface area contributed by atoms with E-state index in [1.54, 1.807) is 39.0 Å². The number of carbonyl (C=O) groups excluding carboxylic acids is 1. The summed E-state index contributed by atoms with van der Waals surface area (Å²) in [4.78, 5) is 26.2. The Bertz CT molecular complexity index is 942. The van der Waals surface area contributed by atoms with E-state index in [1.807, 2.05) is 6.07 Å². The van der Waals surface area contributed by atoms with Gasteiger partial charge in [-0.25, -0.2) is 0 Å². The first kappa shape index (κ1) is 24.9. The molecule has 1 aliphatic rings. The van der Waals surface area contributed by atoms with E-state index in [-0.39, 0.29) is 35.9 Å². The summed E-state index contributed by atoms with van der Waals surface area (Å²) in [6, 6.07) is 7.78. The molecule has 0 bridgehead atoms. The number of benzene rings is 1. The molecule has 166 valence electrons. The maximum absolute atomic E-state index is 13.6. The number of aliphatic carboxylic acids is 1. The lowest BCUT2D eigenvalue weighted by molar-refractivity contribution is -0.175. The van der Waals surface area contributed by atoms with Gasteiger partial charge in [-0.1, -0.05) is 35.3 Å². The fourth-order valence-electron chi connectivity index (χ4n) is 4.73. The van der Waals surface area contributed by atoms with E-state index in [9.17, 15) is 20.0 Å². The van der Waals surface area contributed by atoms with Crippen LogP contribution < -0.4 is 5.32 Å². The van der Waals surface area contributed by atoms with Crippen molar-refractivity contribution in [1.29, 1.82) is 10.5 Å². The molecular weight excluding hydrogens is 441 g/mol. The van der Waals surface area contributed by atoms with Crippen LogP contribution in [0.4, 0.5) is 0 Å². The largest absolute Gasteiger partial charge is 0.481 e. The first-order chi connectivity index (χ1) is 14.6. The molecule has 9 heteroatoms. The number of ether oxygens (including phenoxy) is 1. The highest BCUT2D eigenvalue weighted by Gasteiger charge is 2.65. The Morgan fingerprint density at radius 1 is 1.19 bits per heavy atom. The number of rotatable bonds is 7. The predicted molar refractivity (Wildman–Crippen MR) is 115 cm³/mol. The molecule has 2 rings (SSSR count). The number of nitrogens with zero attached hydrogens (tertiary/aromatic N) is 2. The molecule has 7 nitrogen and oxygen atoms in total. The van der Waals surface area contributed by atoms with Crippen molar-refractivity contribution in [2.75, 3.05) is 6.61 Å². The Morgan fingerprint density at radius 2 is 1.84 bits per heavy atom. The number of nitrogens with one attached hydrogen (secondary N) is 1. The minimum absolute atomic E-state index is 0.00185. The summed E-state index contributed by atoms with van der Waals surface area (Å²) in [7, 11) is 0. The van der Waals surface area contributed by atoms with E-state index < -0.39 is 40.8 Å². The monoisotopic (exact) mass is 465 g/mol. The van der Waals surface area contributed by atoms with Gasteiger partial charge in [0.25, 0.3) is 0 Å². The lowest BCUT2D eigenvalue weighted by atomic mass is 9.51. The average molecular weight is 466 g/mol. The van der Waals surface area contributed by atoms with Crippen molar-refractivity contribution in [3.05, 3.63) is 33.8 Å². The van der Waals surface area contributed by atoms with E-state index in [0.717, 1.165) is 0 Å². The Hall–Kier alpha value is -2.32. The molecule has 1 heterocycles. The second-order valence-corrected chi connectivity index (χ2v) is 8.80. The predicted octanol–water partition coefficient (Wildman–Crippen LogP) is 4.30. The van der Waals surface area contributed by atoms with E-state index in [1.165, 1.54) is 0 Å². The number of nitriles is 2. The third-order valence-electron chi connectivity index (χ3n) is 6.52. The lowest BCUT2D eigenvalue weighted by Crippen LogP contribution is -2.69. The molecule has 2 N–H and O–H groups in total. The summed E-state index contributed by atoms with van der Waals surface area (Å²) in [5.74, 6) is -2.73. The molecule has 1 aliphatic heterocycles. The van der Waals surface area contributed by atoms with Gasteiger partial charge in [0.05, 0.1) is 39.4 Å². The molecule has 5 unspecified atom stereocenters. The number of hydrogen-bond donors (Lipinski definition) is 2. The summed E-state index contributed by atoms with van der Waals surface area (Å²) in [6.07, 6.45) is 0.0430. The summed E-state index contributed by atoms with van der Waals surface area (Å²) < 4.78 is 5.44. The number of halogens is 2. The van der Waals surface area contributed by atoms with Gasteiger partial charge in [0.15, 0.2) is 0 Å². The van der Waals surface area contributed by atoms with Crippen molar-refractivity contribution >= 4 is 35.1 Å². The summed E-state index contributed by atoms with van der Waals surface area (Å²) in [5, 5.41) is 32.1. The van der Waals surface area contributed by atoms with E-state index in [4.69, 9.17) is 33.2 Å². The quantitative estimate of drug-likeness (QED) is 0.454. The number of carboxylic acids is 1. The number of hydrogen-bond acceptors (Lipinski definition) is 6. The number of esters is 1. The Morgan fingerprint density at radius 3 is 2.42 bits per heavy atom. The van der Waals surface area contributed by atoms with Crippen LogP contribution in [0.25, 0.3) is 0 Å². The molecule has 5 atom stereocenters. The Balaban J connectivity index is 2.85. The second kappa shape index (κ2) is 9.87. The topological polar surface area (TPSA) is 123 Å². The van der Waals surface area contributed by atoms with Crippen molar-refractivity contribution in [2.45, 2.75) is 58.0 Å². The first-order valence-electron chi connectivity index (χ1n) is 9.93. The molecular formula is C22H25Cl2N3O4. The molecule has 31 heavy (non-hydrogen) atoms. The Kier molecular flexibility index (Phi) is 7.94. The van der Waals surface area contributed by atoms with Crippen molar-refractivity contribution in [2.24, 2.45) is 10.8 Å². The minimum atomic E-state index is -1.48. The van der Waals surface area contributed by atoms with Crippen molar-refractivity contribution in [3.63, 3.8) is 0 Å². The van der Waals surface area contributed by atoms with E-state index >= 15 is 0 Å². The molecule has 0 radical (unpaired) electrons. The molecule has 1 saturated heterocycles. The molecule has 0 aromatic heterocycles. The second-order valence-electron chi connectivity index (χ2n) is 8.02. The molecule has 1 fully saturated rings. The van der Waals surface area contributed by atoms with Crippen LogP contribution in [-0.4, -0.2) is 35.7 Å². The SMILES string of the molecule is CC1NC(C)C(CCC#N)(C(=O)OCCC#N)C(c2cccc(Cl)c2Cl)C1(C)C(=O)O. The van der Waals surface area contributed by atoms with E-state index in [2.05, 4.69) is 11.4 Å². The van der Waals surface area contributed by atoms with Gasteiger partial charge in [-0.05, 0) is 38.8 Å². The summed E-state index contributed by atoms with van der Waals surface area (Å²) in [5.41, 5.74) is -2.50. The smallest absolute Gasteiger partial charge is 0.314 e. The van der Waals surface area contributed by atoms with Crippen LogP contribution in [-0.2, 0) is 14.3 Å². The summed E-state index contributed by atoms with van der Waals surface area (Å²) >= 11 is 12.8. The van der Waals surface area contributed by atoms with Crippen LogP contribution in [0.1, 0.15) is 51.5 Å². The van der Waals surface area contributed by atoms with Crippen LogP contribution >= 0.6 is 23.2 Å². The lowest BCUT2D eigenvalue weighted by Gasteiger charge is -2.56. The highest BCUT2D eigenvalue weighted by molar-refractivity contribution is 6.42. The average Bonchev–Trinajstić information content (AvgIpc) is 2.72. The van der Waals surface area contributed by atoms with Crippen molar-refractivity contribution < 1.29 is 19.4 Å². The summed E-state index contributed by atoms with van der Waals surface area (Å²) in [6.45, 7) is 4.94. The van der Waals surface area contributed by atoms with Gasteiger partial charge in [0.1, 0.15) is 6.61 Å². The number of carboxylic acid groups (broad SMARTS) is 1. The molecule has 1 aromatic carbocycles. The third kappa shape index (κ3) is 4.23.